The lowest BCUT2D eigenvalue weighted by atomic mass is 10.1. The van der Waals surface area contributed by atoms with Crippen LogP contribution in [0.4, 0.5) is 4.39 Å². The highest BCUT2D eigenvalue weighted by molar-refractivity contribution is 5.54. The molecule has 0 spiro atoms. The maximum absolute atomic E-state index is 12.0. The molecule has 0 saturated carbocycles. The Morgan fingerprint density at radius 3 is 2.24 bits per heavy atom. The zero-order valence-corrected chi connectivity index (χ0v) is 9.60. The summed E-state index contributed by atoms with van der Waals surface area (Å²) in [5.41, 5.74) is 1.98. The third kappa shape index (κ3) is 3.03. The SMILES string of the molecule is Cc1nnc(-c2ccc(CCCF)cc2)nn1. The third-order valence-electron chi connectivity index (χ3n) is 2.39. The van der Waals surface area contributed by atoms with Crippen molar-refractivity contribution in [2.75, 3.05) is 6.67 Å². The quantitative estimate of drug-likeness (QED) is 0.810. The van der Waals surface area contributed by atoms with Gasteiger partial charge in [0.05, 0.1) is 6.67 Å². The van der Waals surface area contributed by atoms with E-state index < -0.39 is 0 Å². The van der Waals surface area contributed by atoms with Crippen molar-refractivity contribution in [1.82, 2.24) is 20.4 Å². The lowest BCUT2D eigenvalue weighted by Crippen LogP contribution is -1.98. The Morgan fingerprint density at radius 2 is 1.65 bits per heavy atom. The minimum atomic E-state index is -0.281. The van der Waals surface area contributed by atoms with E-state index >= 15 is 0 Å². The van der Waals surface area contributed by atoms with E-state index in [-0.39, 0.29) is 6.67 Å². The first kappa shape index (κ1) is 11.6. The van der Waals surface area contributed by atoms with Crippen LogP contribution in [0.15, 0.2) is 24.3 Å². The van der Waals surface area contributed by atoms with Gasteiger partial charge in [0.2, 0.25) is 5.82 Å². The number of hydrogen-bond donors (Lipinski definition) is 0. The van der Waals surface area contributed by atoms with Gasteiger partial charge in [-0.3, -0.25) is 4.39 Å². The molecular formula is C12H13FN4. The predicted molar refractivity (Wildman–Crippen MR) is 62.1 cm³/mol. The summed E-state index contributed by atoms with van der Waals surface area (Å²) >= 11 is 0. The number of benzene rings is 1. The first-order valence-corrected chi connectivity index (χ1v) is 5.49. The van der Waals surface area contributed by atoms with Gasteiger partial charge in [-0.1, -0.05) is 24.3 Å². The maximum atomic E-state index is 12.0. The highest BCUT2D eigenvalue weighted by Crippen LogP contribution is 2.14. The van der Waals surface area contributed by atoms with E-state index in [2.05, 4.69) is 20.4 Å². The molecule has 0 saturated heterocycles. The summed E-state index contributed by atoms with van der Waals surface area (Å²) in [4.78, 5) is 0. The van der Waals surface area contributed by atoms with Crippen molar-refractivity contribution in [3.63, 3.8) is 0 Å². The van der Waals surface area contributed by atoms with Crippen LogP contribution in [0, 0.1) is 6.92 Å². The van der Waals surface area contributed by atoms with Crippen molar-refractivity contribution in [3.8, 4) is 11.4 Å². The molecule has 0 amide bonds. The van der Waals surface area contributed by atoms with Crippen molar-refractivity contribution >= 4 is 0 Å². The molecule has 0 aliphatic rings. The van der Waals surface area contributed by atoms with Gasteiger partial charge in [-0.05, 0) is 25.3 Å². The van der Waals surface area contributed by atoms with E-state index in [9.17, 15) is 4.39 Å². The van der Waals surface area contributed by atoms with Crippen LogP contribution in [0.25, 0.3) is 11.4 Å². The van der Waals surface area contributed by atoms with Gasteiger partial charge < -0.3 is 0 Å². The molecule has 1 aromatic heterocycles. The average molecular weight is 232 g/mol. The fraction of sp³-hybridized carbons (Fsp3) is 0.333. The van der Waals surface area contributed by atoms with Crippen molar-refractivity contribution < 1.29 is 4.39 Å². The minimum absolute atomic E-state index is 0.281. The first-order chi connectivity index (χ1) is 8.29. The molecule has 5 heteroatoms. The number of halogens is 1. The number of hydrogen-bond acceptors (Lipinski definition) is 4. The second-order valence-electron chi connectivity index (χ2n) is 3.76. The van der Waals surface area contributed by atoms with Crippen molar-refractivity contribution in [1.29, 1.82) is 0 Å². The zero-order chi connectivity index (χ0) is 12.1. The van der Waals surface area contributed by atoms with Crippen LogP contribution in [-0.2, 0) is 6.42 Å². The number of aryl methyl sites for hydroxylation is 2. The molecule has 88 valence electrons. The van der Waals surface area contributed by atoms with Crippen LogP contribution in [-0.4, -0.2) is 27.1 Å². The van der Waals surface area contributed by atoms with Gasteiger partial charge in [0.15, 0.2) is 5.82 Å². The normalized spacial score (nSPS) is 10.5. The minimum Gasteiger partial charge on any atom is -0.251 e. The molecule has 1 aromatic carbocycles. The molecule has 0 aliphatic heterocycles. The lowest BCUT2D eigenvalue weighted by molar-refractivity contribution is 0.473. The number of rotatable bonds is 4. The van der Waals surface area contributed by atoms with Gasteiger partial charge in [0, 0.05) is 5.56 Å². The van der Waals surface area contributed by atoms with E-state index in [4.69, 9.17) is 0 Å². The Morgan fingerprint density at radius 1 is 1.00 bits per heavy atom. The highest BCUT2D eigenvalue weighted by Gasteiger charge is 2.02. The van der Waals surface area contributed by atoms with Crippen LogP contribution in [0.2, 0.25) is 0 Å². The third-order valence-corrected chi connectivity index (χ3v) is 2.39. The molecule has 17 heavy (non-hydrogen) atoms. The van der Waals surface area contributed by atoms with Gasteiger partial charge in [-0.15, -0.1) is 20.4 Å². The Labute approximate surface area is 98.9 Å². The molecule has 0 N–H and O–H groups in total. The molecule has 1 heterocycles. The molecule has 0 fully saturated rings. The van der Waals surface area contributed by atoms with Gasteiger partial charge >= 0.3 is 0 Å². The molecular weight excluding hydrogens is 219 g/mol. The number of nitrogens with zero attached hydrogens (tertiary/aromatic N) is 4. The lowest BCUT2D eigenvalue weighted by Gasteiger charge is -2.01. The second-order valence-corrected chi connectivity index (χ2v) is 3.76. The van der Waals surface area contributed by atoms with Crippen molar-refractivity contribution in [3.05, 3.63) is 35.7 Å². The fourth-order valence-corrected chi connectivity index (χ4v) is 1.49. The largest absolute Gasteiger partial charge is 0.251 e. The van der Waals surface area contributed by atoms with Crippen molar-refractivity contribution in [2.24, 2.45) is 0 Å². The summed E-state index contributed by atoms with van der Waals surface area (Å²) < 4.78 is 12.0. The number of alkyl halides is 1. The molecule has 0 unspecified atom stereocenters. The predicted octanol–water partition coefficient (Wildman–Crippen LogP) is 2.14. The van der Waals surface area contributed by atoms with Crippen LogP contribution in [0.1, 0.15) is 17.8 Å². The van der Waals surface area contributed by atoms with Gasteiger partial charge in [0.1, 0.15) is 0 Å². The number of aromatic nitrogens is 4. The maximum Gasteiger partial charge on any atom is 0.203 e. The zero-order valence-electron chi connectivity index (χ0n) is 9.60. The van der Waals surface area contributed by atoms with Crippen molar-refractivity contribution in [2.45, 2.75) is 19.8 Å². The Hall–Kier alpha value is -1.91. The Kier molecular flexibility index (Phi) is 3.69. The van der Waals surface area contributed by atoms with Gasteiger partial charge in [-0.2, -0.15) is 0 Å². The molecule has 0 atom stereocenters. The molecule has 2 aromatic rings. The van der Waals surface area contributed by atoms with Gasteiger partial charge in [0.25, 0.3) is 0 Å². The summed E-state index contributed by atoms with van der Waals surface area (Å²) in [6.45, 7) is 1.46. The van der Waals surface area contributed by atoms with E-state index in [1.807, 2.05) is 24.3 Å². The second kappa shape index (κ2) is 5.43. The summed E-state index contributed by atoms with van der Waals surface area (Å²) in [5.74, 6) is 1.06. The van der Waals surface area contributed by atoms with Crippen LogP contribution in [0.5, 0.6) is 0 Å². The Balaban J connectivity index is 2.14. The van der Waals surface area contributed by atoms with E-state index in [0.29, 0.717) is 18.1 Å². The van der Waals surface area contributed by atoms with Crippen LogP contribution in [0.3, 0.4) is 0 Å². The summed E-state index contributed by atoms with van der Waals surface area (Å²) in [6, 6.07) is 7.71. The van der Waals surface area contributed by atoms with E-state index in [1.54, 1.807) is 6.92 Å². The Bertz CT molecular complexity index is 467. The average Bonchev–Trinajstić information content (AvgIpc) is 2.38. The van der Waals surface area contributed by atoms with Gasteiger partial charge in [-0.25, -0.2) is 0 Å². The molecule has 2 rings (SSSR count). The van der Waals surface area contributed by atoms with Crippen LogP contribution >= 0.6 is 0 Å². The highest BCUT2D eigenvalue weighted by atomic mass is 19.1. The molecule has 0 radical (unpaired) electrons. The molecule has 0 bridgehead atoms. The van der Waals surface area contributed by atoms with E-state index in [0.717, 1.165) is 17.5 Å². The monoisotopic (exact) mass is 232 g/mol. The molecule has 4 nitrogen and oxygen atoms in total. The topological polar surface area (TPSA) is 51.6 Å². The molecule has 0 aliphatic carbocycles. The summed E-state index contributed by atoms with van der Waals surface area (Å²) in [6.07, 6.45) is 1.31. The van der Waals surface area contributed by atoms with E-state index in [1.165, 1.54) is 0 Å². The summed E-state index contributed by atoms with van der Waals surface area (Å²) in [7, 11) is 0. The summed E-state index contributed by atoms with van der Waals surface area (Å²) in [5, 5.41) is 15.6. The standard InChI is InChI=1S/C12H13FN4/c1-9-14-16-12(17-15-9)11-6-4-10(5-7-11)3-2-8-13/h4-7H,2-3,8H2,1H3. The first-order valence-electron chi connectivity index (χ1n) is 5.49. The fourth-order valence-electron chi connectivity index (χ4n) is 1.49. The van der Waals surface area contributed by atoms with Crippen LogP contribution < -0.4 is 0 Å². The smallest absolute Gasteiger partial charge is 0.203 e.